The number of aldehydes is 1. The molecule has 0 saturated carbocycles. The summed E-state index contributed by atoms with van der Waals surface area (Å²) >= 11 is 1.45. The van der Waals surface area contributed by atoms with E-state index in [1.807, 2.05) is 42.8 Å². The summed E-state index contributed by atoms with van der Waals surface area (Å²) in [5.74, 6) is 0.00338. The van der Waals surface area contributed by atoms with E-state index >= 15 is 0 Å². The fourth-order valence-corrected chi connectivity index (χ4v) is 3.02. The zero-order chi connectivity index (χ0) is 17.2. The highest BCUT2D eigenvalue weighted by Gasteiger charge is 2.17. The molecule has 1 fully saturated rings. The fraction of sp³-hybridized carbons (Fsp3) is 0.333. The summed E-state index contributed by atoms with van der Waals surface area (Å²) in [4.78, 5) is 22.8. The van der Waals surface area contributed by atoms with Crippen LogP contribution in [0.2, 0.25) is 0 Å². The Morgan fingerprint density at radius 3 is 2.71 bits per heavy atom. The molecule has 0 aliphatic carbocycles. The van der Waals surface area contributed by atoms with Crippen molar-refractivity contribution in [1.29, 1.82) is 0 Å². The first-order chi connectivity index (χ1) is 11.7. The van der Waals surface area contributed by atoms with Gasteiger partial charge in [0.05, 0.1) is 10.4 Å². The van der Waals surface area contributed by atoms with Gasteiger partial charge < -0.3 is 16.0 Å². The molecule has 0 spiro atoms. The lowest BCUT2D eigenvalue weighted by Crippen LogP contribution is -2.45. The second-order valence-corrected chi connectivity index (χ2v) is 6.42. The van der Waals surface area contributed by atoms with Crippen molar-refractivity contribution < 1.29 is 9.59 Å². The van der Waals surface area contributed by atoms with Crippen LogP contribution in [0.25, 0.3) is 0 Å². The minimum atomic E-state index is 0.00338. The third kappa shape index (κ3) is 5.47. The first-order valence-electron chi connectivity index (χ1n) is 8.01. The second kappa shape index (κ2) is 9.85. The molecule has 1 aliphatic heterocycles. The van der Waals surface area contributed by atoms with Crippen molar-refractivity contribution in [2.75, 3.05) is 25.5 Å². The van der Waals surface area contributed by atoms with Crippen LogP contribution in [0.1, 0.15) is 32.9 Å². The summed E-state index contributed by atoms with van der Waals surface area (Å²) in [7, 11) is 1.83. The van der Waals surface area contributed by atoms with Gasteiger partial charge in [-0.1, -0.05) is 18.2 Å². The maximum Gasteiger partial charge on any atom is 0.253 e. The van der Waals surface area contributed by atoms with Crippen molar-refractivity contribution in [1.82, 2.24) is 10.6 Å². The van der Waals surface area contributed by atoms with Gasteiger partial charge >= 0.3 is 0 Å². The molecule has 2 aromatic rings. The summed E-state index contributed by atoms with van der Waals surface area (Å²) in [5.41, 5.74) is 1.58. The zero-order valence-corrected chi connectivity index (χ0v) is 14.6. The number of para-hydroxylation sites is 1. The third-order valence-corrected chi connectivity index (χ3v) is 4.53. The summed E-state index contributed by atoms with van der Waals surface area (Å²) in [6.07, 6.45) is 3.03. The number of piperidine rings is 1. The summed E-state index contributed by atoms with van der Waals surface area (Å²) < 4.78 is 0. The molecule has 128 valence electrons. The van der Waals surface area contributed by atoms with Crippen molar-refractivity contribution >= 4 is 29.2 Å². The van der Waals surface area contributed by atoms with Crippen LogP contribution in [0.4, 0.5) is 5.69 Å². The maximum atomic E-state index is 12.1. The minimum Gasteiger partial charge on any atom is -0.387 e. The molecular formula is C18H23N3O2S. The van der Waals surface area contributed by atoms with E-state index in [1.54, 1.807) is 6.07 Å². The van der Waals surface area contributed by atoms with Gasteiger partial charge in [0.1, 0.15) is 0 Å². The topological polar surface area (TPSA) is 70.2 Å². The molecule has 0 radical (unpaired) electrons. The average molecular weight is 345 g/mol. The summed E-state index contributed by atoms with van der Waals surface area (Å²) in [5, 5.41) is 11.3. The van der Waals surface area contributed by atoms with Gasteiger partial charge in [0.25, 0.3) is 5.91 Å². The fourth-order valence-electron chi connectivity index (χ4n) is 2.50. The van der Waals surface area contributed by atoms with Crippen molar-refractivity contribution in [2.45, 2.75) is 18.9 Å². The zero-order valence-electron chi connectivity index (χ0n) is 13.7. The van der Waals surface area contributed by atoms with E-state index in [2.05, 4.69) is 16.0 Å². The summed E-state index contributed by atoms with van der Waals surface area (Å²) in [6.45, 7) is 1.92. The number of benzene rings is 1. The number of carbonyl (C=O) groups excluding carboxylic acids is 2. The van der Waals surface area contributed by atoms with Crippen molar-refractivity contribution in [3.05, 3.63) is 52.2 Å². The molecular weight excluding hydrogens is 322 g/mol. The number of hydrogen-bond acceptors (Lipinski definition) is 5. The van der Waals surface area contributed by atoms with E-state index in [-0.39, 0.29) is 11.9 Å². The lowest BCUT2D eigenvalue weighted by Gasteiger charge is -2.24. The number of carbonyl (C=O) groups is 2. The largest absolute Gasteiger partial charge is 0.387 e. The first-order valence-corrected chi connectivity index (χ1v) is 8.89. The smallest absolute Gasteiger partial charge is 0.253 e. The SMILES string of the molecule is CNc1ccccc1C(=O)NC1CCCNC1.O=Cc1cccs1. The van der Waals surface area contributed by atoms with Gasteiger partial charge in [-0.25, -0.2) is 0 Å². The van der Waals surface area contributed by atoms with Crippen LogP contribution in [0.5, 0.6) is 0 Å². The lowest BCUT2D eigenvalue weighted by atomic mass is 10.1. The van der Waals surface area contributed by atoms with E-state index in [0.29, 0.717) is 5.56 Å². The van der Waals surface area contributed by atoms with Crippen LogP contribution < -0.4 is 16.0 Å². The molecule has 1 amide bonds. The van der Waals surface area contributed by atoms with Crippen molar-refractivity contribution in [3.8, 4) is 0 Å². The number of amides is 1. The Morgan fingerprint density at radius 2 is 2.12 bits per heavy atom. The van der Waals surface area contributed by atoms with E-state index in [4.69, 9.17) is 0 Å². The van der Waals surface area contributed by atoms with Crippen LogP contribution in [0.3, 0.4) is 0 Å². The van der Waals surface area contributed by atoms with Gasteiger partial charge in [0.15, 0.2) is 6.29 Å². The third-order valence-electron chi connectivity index (χ3n) is 3.73. The molecule has 0 bridgehead atoms. The number of anilines is 1. The highest BCUT2D eigenvalue weighted by molar-refractivity contribution is 7.11. The van der Waals surface area contributed by atoms with Gasteiger partial charge in [-0.2, -0.15) is 0 Å². The number of nitrogens with one attached hydrogen (secondary N) is 3. The average Bonchev–Trinajstić information content (AvgIpc) is 3.17. The Labute approximate surface area is 146 Å². The van der Waals surface area contributed by atoms with Gasteiger partial charge in [-0.3, -0.25) is 9.59 Å². The molecule has 24 heavy (non-hydrogen) atoms. The number of thiophene rings is 1. The van der Waals surface area contributed by atoms with E-state index < -0.39 is 0 Å². The lowest BCUT2D eigenvalue weighted by molar-refractivity contribution is 0.0931. The quantitative estimate of drug-likeness (QED) is 0.745. The molecule has 1 aromatic carbocycles. The molecule has 1 unspecified atom stereocenters. The van der Waals surface area contributed by atoms with E-state index in [9.17, 15) is 9.59 Å². The highest BCUT2D eigenvalue weighted by Crippen LogP contribution is 2.14. The molecule has 1 atom stereocenters. The molecule has 1 saturated heterocycles. The molecule has 5 nitrogen and oxygen atoms in total. The molecule has 1 aliphatic rings. The Hall–Kier alpha value is -2.18. The van der Waals surface area contributed by atoms with Crippen molar-refractivity contribution in [3.63, 3.8) is 0 Å². The standard InChI is InChI=1S/C13H19N3O.C5H4OS/c1-14-12-7-3-2-6-11(12)13(17)16-10-5-4-8-15-9-10;6-4-5-2-1-3-7-5/h2-3,6-7,10,14-15H,4-5,8-9H2,1H3,(H,16,17);1-4H. The van der Waals surface area contributed by atoms with Gasteiger partial charge in [-0.05, 0) is 43.0 Å². The molecule has 3 N–H and O–H groups in total. The molecule has 1 aromatic heterocycles. The van der Waals surface area contributed by atoms with Crippen LogP contribution in [0, 0.1) is 0 Å². The Balaban J connectivity index is 0.000000249. The molecule has 6 heteroatoms. The van der Waals surface area contributed by atoms with E-state index in [0.717, 1.165) is 42.8 Å². The maximum absolute atomic E-state index is 12.1. The van der Waals surface area contributed by atoms with Gasteiger partial charge in [-0.15, -0.1) is 11.3 Å². The van der Waals surface area contributed by atoms with Crippen LogP contribution >= 0.6 is 11.3 Å². The van der Waals surface area contributed by atoms with Gasteiger partial charge in [0.2, 0.25) is 0 Å². The predicted octanol–water partition coefficient (Wildman–Crippen LogP) is 2.77. The minimum absolute atomic E-state index is 0.00338. The van der Waals surface area contributed by atoms with Gasteiger partial charge in [0, 0.05) is 25.3 Å². The Morgan fingerprint density at radius 1 is 1.29 bits per heavy atom. The van der Waals surface area contributed by atoms with E-state index in [1.165, 1.54) is 11.3 Å². The highest BCUT2D eigenvalue weighted by atomic mass is 32.1. The normalized spacial score (nSPS) is 16.5. The monoisotopic (exact) mass is 345 g/mol. The van der Waals surface area contributed by atoms with Crippen molar-refractivity contribution in [2.24, 2.45) is 0 Å². The molecule has 3 rings (SSSR count). The van der Waals surface area contributed by atoms with Crippen LogP contribution in [-0.2, 0) is 0 Å². The number of hydrogen-bond donors (Lipinski definition) is 3. The summed E-state index contributed by atoms with van der Waals surface area (Å²) in [6, 6.07) is 11.5. The Bertz CT molecular complexity index is 637. The second-order valence-electron chi connectivity index (χ2n) is 5.45. The number of rotatable bonds is 4. The van der Waals surface area contributed by atoms with Crippen LogP contribution in [-0.4, -0.2) is 38.4 Å². The molecule has 2 heterocycles. The Kier molecular flexibility index (Phi) is 7.45. The van der Waals surface area contributed by atoms with Crippen LogP contribution in [0.15, 0.2) is 41.8 Å². The predicted molar refractivity (Wildman–Crippen MR) is 99.1 cm³/mol. The first kappa shape index (κ1) is 18.2.